The van der Waals surface area contributed by atoms with Crippen molar-refractivity contribution in [3.05, 3.63) is 0 Å². The number of alkyl halides is 1. The summed E-state index contributed by atoms with van der Waals surface area (Å²) in [4.78, 5) is 2.57. The molecule has 0 bridgehead atoms. The van der Waals surface area contributed by atoms with E-state index in [1.165, 1.54) is 31.3 Å². The molecule has 0 amide bonds. The number of rotatable bonds is 2. The molecule has 2 heteroatoms. The molecule has 0 aliphatic carbocycles. The zero-order valence-electron chi connectivity index (χ0n) is 7.52. The van der Waals surface area contributed by atoms with Crippen molar-refractivity contribution in [2.45, 2.75) is 32.7 Å². The van der Waals surface area contributed by atoms with Gasteiger partial charge in [-0.1, -0.05) is 15.9 Å². The number of piperidine rings is 1. The number of nitrogens with zero attached hydrogens (tertiary/aromatic N) is 1. The normalized spacial score (nSPS) is 22.9. The first-order chi connectivity index (χ1) is 5.24. The van der Waals surface area contributed by atoms with Gasteiger partial charge < -0.3 is 4.90 Å². The molecule has 0 saturated carbocycles. The first kappa shape index (κ1) is 9.53. The van der Waals surface area contributed by atoms with Crippen LogP contribution < -0.4 is 0 Å². The molecule has 1 rings (SSSR count). The van der Waals surface area contributed by atoms with Gasteiger partial charge in [0.25, 0.3) is 0 Å². The molecule has 1 aliphatic heterocycles. The molecule has 1 saturated heterocycles. The van der Waals surface area contributed by atoms with Crippen LogP contribution >= 0.6 is 15.9 Å². The molecule has 0 aromatic carbocycles. The Kier molecular flexibility index (Phi) is 3.86. The summed E-state index contributed by atoms with van der Waals surface area (Å²) < 4.78 is 0. The lowest BCUT2D eigenvalue weighted by Gasteiger charge is -2.33. The second-order valence-electron chi connectivity index (χ2n) is 3.73. The van der Waals surface area contributed by atoms with E-state index in [1.807, 2.05) is 0 Å². The highest BCUT2D eigenvalue weighted by atomic mass is 79.9. The average Bonchev–Trinajstić information content (AvgIpc) is 2.05. The fourth-order valence-corrected chi connectivity index (χ4v) is 2.27. The number of hydrogen-bond donors (Lipinski definition) is 0. The zero-order chi connectivity index (χ0) is 8.27. The van der Waals surface area contributed by atoms with Crippen LogP contribution in [0.5, 0.6) is 0 Å². The predicted molar refractivity (Wildman–Crippen MR) is 53.2 cm³/mol. The largest absolute Gasteiger partial charge is 0.301 e. The molecule has 11 heavy (non-hydrogen) atoms. The Morgan fingerprint density at radius 2 is 1.91 bits per heavy atom. The number of likely N-dealkylation sites (tertiary alicyclic amines) is 1. The van der Waals surface area contributed by atoms with E-state index in [2.05, 4.69) is 34.7 Å². The molecule has 0 aromatic rings. The second kappa shape index (κ2) is 4.46. The zero-order valence-corrected chi connectivity index (χ0v) is 9.10. The van der Waals surface area contributed by atoms with Crippen molar-refractivity contribution in [2.24, 2.45) is 5.92 Å². The minimum Gasteiger partial charge on any atom is -0.301 e. The Hall–Kier alpha value is 0.440. The van der Waals surface area contributed by atoms with Gasteiger partial charge in [0.1, 0.15) is 0 Å². The van der Waals surface area contributed by atoms with Gasteiger partial charge in [0.05, 0.1) is 0 Å². The van der Waals surface area contributed by atoms with Crippen molar-refractivity contribution in [1.29, 1.82) is 0 Å². The van der Waals surface area contributed by atoms with Crippen LogP contribution in [0.25, 0.3) is 0 Å². The molecule has 0 N–H and O–H groups in total. The summed E-state index contributed by atoms with van der Waals surface area (Å²) in [6, 6.07) is 0.742. The van der Waals surface area contributed by atoms with Crippen molar-refractivity contribution < 1.29 is 0 Å². The highest BCUT2D eigenvalue weighted by Gasteiger charge is 2.19. The van der Waals surface area contributed by atoms with Crippen molar-refractivity contribution >= 4 is 15.9 Å². The Morgan fingerprint density at radius 3 is 2.27 bits per heavy atom. The molecular weight excluding hydrogens is 202 g/mol. The number of hydrogen-bond acceptors (Lipinski definition) is 1. The van der Waals surface area contributed by atoms with Gasteiger partial charge in [0, 0.05) is 11.4 Å². The van der Waals surface area contributed by atoms with E-state index in [0.717, 1.165) is 12.0 Å². The van der Waals surface area contributed by atoms with Gasteiger partial charge in [-0.25, -0.2) is 0 Å². The fourth-order valence-electron chi connectivity index (χ4n) is 1.62. The van der Waals surface area contributed by atoms with Gasteiger partial charge in [-0.15, -0.1) is 0 Å². The van der Waals surface area contributed by atoms with Crippen LogP contribution in [0.1, 0.15) is 26.7 Å². The lowest BCUT2D eigenvalue weighted by Crippen LogP contribution is -2.38. The van der Waals surface area contributed by atoms with E-state index >= 15 is 0 Å². The molecule has 0 unspecified atom stereocenters. The predicted octanol–water partition coefficient (Wildman–Crippen LogP) is 2.50. The number of halogens is 1. The minimum absolute atomic E-state index is 0.742. The molecule has 0 aromatic heterocycles. The van der Waals surface area contributed by atoms with Crippen LogP contribution in [-0.4, -0.2) is 29.4 Å². The summed E-state index contributed by atoms with van der Waals surface area (Å²) in [6.45, 7) is 7.17. The van der Waals surface area contributed by atoms with Gasteiger partial charge >= 0.3 is 0 Å². The van der Waals surface area contributed by atoms with Crippen molar-refractivity contribution in [2.75, 3.05) is 18.4 Å². The topological polar surface area (TPSA) is 3.24 Å². The second-order valence-corrected chi connectivity index (χ2v) is 4.37. The van der Waals surface area contributed by atoms with Crippen LogP contribution in [0.3, 0.4) is 0 Å². The molecule has 66 valence electrons. The molecule has 0 atom stereocenters. The van der Waals surface area contributed by atoms with E-state index in [1.54, 1.807) is 0 Å². The Balaban J connectivity index is 2.24. The van der Waals surface area contributed by atoms with E-state index in [0.29, 0.717) is 0 Å². The maximum atomic E-state index is 3.55. The summed E-state index contributed by atoms with van der Waals surface area (Å²) >= 11 is 3.55. The van der Waals surface area contributed by atoms with Crippen molar-refractivity contribution in [1.82, 2.24) is 4.90 Å². The van der Waals surface area contributed by atoms with Crippen molar-refractivity contribution in [3.63, 3.8) is 0 Å². The molecule has 0 radical (unpaired) electrons. The van der Waals surface area contributed by atoms with Gasteiger partial charge in [0.15, 0.2) is 0 Å². The van der Waals surface area contributed by atoms with Gasteiger partial charge in [-0.2, -0.15) is 0 Å². The van der Waals surface area contributed by atoms with Crippen LogP contribution in [0, 0.1) is 5.92 Å². The smallest absolute Gasteiger partial charge is 0.00606 e. The third kappa shape index (κ3) is 2.75. The molecule has 1 heterocycles. The quantitative estimate of drug-likeness (QED) is 0.646. The third-order valence-electron chi connectivity index (χ3n) is 2.60. The highest BCUT2D eigenvalue weighted by Crippen LogP contribution is 2.20. The third-order valence-corrected chi connectivity index (χ3v) is 3.51. The summed E-state index contributed by atoms with van der Waals surface area (Å²) in [5.74, 6) is 0.935. The van der Waals surface area contributed by atoms with Crippen LogP contribution in [0.4, 0.5) is 0 Å². The van der Waals surface area contributed by atoms with Gasteiger partial charge in [-0.3, -0.25) is 0 Å². The first-order valence-electron chi connectivity index (χ1n) is 4.54. The lowest BCUT2D eigenvalue weighted by atomic mass is 9.98. The summed E-state index contributed by atoms with van der Waals surface area (Å²) in [5.41, 5.74) is 0. The Labute approximate surface area is 78.3 Å². The van der Waals surface area contributed by atoms with Gasteiger partial charge in [0.2, 0.25) is 0 Å². The van der Waals surface area contributed by atoms with E-state index in [-0.39, 0.29) is 0 Å². The molecule has 0 spiro atoms. The van der Waals surface area contributed by atoms with Crippen molar-refractivity contribution in [3.8, 4) is 0 Å². The molecule has 1 nitrogen and oxygen atoms in total. The van der Waals surface area contributed by atoms with E-state index < -0.39 is 0 Å². The highest BCUT2D eigenvalue weighted by molar-refractivity contribution is 9.09. The summed E-state index contributed by atoms with van der Waals surface area (Å²) in [5, 5.41) is 1.19. The summed E-state index contributed by atoms with van der Waals surface area (Å²) in [7, 11) is 0. The maximum Gasteiger partial charge on any atom is 0.00606 e. The van der Waals surface area contributed by atoms with E-state index in [9.17, 15) is 0 Å². The molecule has 1 fully saturated rings. The molecule has 1 aliphatic rings. The van der Waals surface area contributed by atoms with Crippen LogP contribution in [0.2, 0.25) is 0 Å². The molecular formula is C9H18BrN. The van der Waals surface area contributed by atoms with E-state index in [4.69, 9.17) is 0 Å². The Bertz CT molecular complexity index is 106. The Morgan fingerprint density at radius 1 is 1.36 bits per heavy atom. The minimum atomic E-state index is 0.742. The standard InChI is InChI=1S/C9H18BrN/c1-8(2)11-5-3-9(7-10)4-6-11/h8-9H,3-7H2,1-2H3. The SMILES string of the molecule is CC(C)N1CCC(CBr)CC1. The maximum absolute atomic E-state index is 3.55. The fraction of sp³-hybridized carbons (Fsp3) is 1.00. The average molecular weight is 220 g/mol. The van der Waals surface area contributed by atoms with Gasteiger partial charge in [-0.05, 0) is 45.7 Å². The monoisotopic (exact) mass is 219 g/mol. The summed E-state index contributed by atoms with van der Waals surface area (Å²) in [6.07, 6.45) is 2.76. The van der Waals surface area contributed by atoms with Crippen LogP contribution in [-0.2, 0) is 0 Å². The lowest BCUT2D eigenvalue weighted by molar-refractivity contribution is 0.158. The van der Waals surface area contributed by atoms with Crippen LogP contribution in [0.15, 0.2) is 0 Å². The first-order valence-corrected chi connectivity index (χ1v) is 5.66.